The van der Waals surface area contributed by atoms with Gasteiger partial charge in [0.15, 0.2) is 0 Å². The van der Waals surface area contributed by atoms with Crippen molar-refractivity contribution in [1.29, 1.82) is 0 Å². The smallest absolute Gasteiger partial charge is 0.342 e. The summed E-state index contributed by atoms with van der Waals surface area (Å²) < 4.78 is 79.4. The number of carboxylic acid groups (broad SMARTS) is 8. The van der Waals surface area contributed by atoms with Crippen LogP contribution >= 0.6 is 0 Å². The van der Waals surface area contributed by atoms with Crippen molar-refractivity contribution in [3.8, 4) is 0 Å². The molecule has 0 fully saturated rings. The van der Waals surface area contributed by atoms with Gasteiger partial charge >= 0.3 is 95.5 Å². The van der Waals surface area contributed by atoms with E-state index in [4.69, 9.17) is 136 Å². The van der Waals surface area contributed by atoms with Crippen LogP contribution in [0.5, 0.6) is 0 Å². The number of aliphatic carboxylic acids is 8. The molecule has 0 spiro atoms. The number of ether oxygens (including phenoxy) is 14. The Labute approximate surface area is 585 Å². The number of carbonyl (C=O) groups excluding carboxylic acids is 8. The maximum absolute atomic E-state index is 12.5. The lowest BCUT2D eigenvalue weighted by molar-refractivity contribution is -0.312. The fourth-order valence-electron chi connectivity index (χ4n) is 6.84. The van der Waals surface area contributed by atoms with Crippen LogP contribution < -0.4 is 0 Å². The van der Waals surface area contributed by atoms with Gasteiger partial charge in [0.2, 0.25) is 0 Å². The highest BCUT2D eigenvalue weighted by atomic mass is 17.2. The lowest BCUT2D eigenvalue weighted by atomic mass is 9.91. The topological polar surface area (TPSA) is 620 Å². The second kappa shape index (κ2) is 59.6. The fourth-order valence-corrected chi connectivity index (χ4v) is 6.84. The second-order valence-electron chi connectivity index (χ2n) is 21.1. The zero-order chi connectivity index (χ0) is 77.1. The van der Waals surface area contributed by atoms with Crippen molar-refractivity contribution in [2.24, 2.45) is 5.41 Å². The van der Waals surface area contributed by atoms with E-state index in [9.17, 15) is 76.7 Å². The molecule has 0 aliphatic rings. The molecule has 44 nitrogen and oxygen atoms in total. The van der Waals surface area contributed by atoms with Crippen LogP contribution in [0, 0.1) is 5.41 Å². The molecular formula is C59H88O44. The monoisotopic (exact) mass is 1500 g/mol. The lowest BCUT2D eigenvalue weighted by Crippen LogP contribution is -2.48. The first-order valence-corrected chi connectivity index (χ1v) is 31.3. The van der Waals surface area contributed by atoms with E-state index in [2.05, 4.69) is 0 Å². The van der Waals surface area contributed by atoms with Crippen molar-refractivity contribution in [3.63, 3.8) is 0 Å². The van der Waals surface area contributed by atoms with Crippen LogP contribution in [-0.4, -0.2) is 306 Å². The van der Waals surface area contributed by atoms with Crippen molar-refractivity contribution in [2.75, 3.05) is 145 Å². The van der Waals surface area contributed by atoms with Crippen LogP contribution in [0.1, 0.15) is 103 Å². The minimum Gasteiger partial charge on any atom is -0.481 e. The predicted octanol–water partition coefficient (Wildman–Crippen LogP) is -1.34. The summed E-state index contributed by atoms with van der Waals surface area (Å²) in [6, 6.07) is 0. The number of esters is 5. The molecule has 0 aromatic carbocycles. The Bertz CT molecular complexity index is 2390. The van der Waals surface area contributed by atoms with Crippen molar-refractivity contribution in [2.45, 2.75) is 127 Å². The molecule has 1 atom stereocenters. The van der Waals surface area contributed by atoms with E-state index in [0.717, 1.165) is 0 Å². The Morgan fingerprint density at radius 3 is 0.563 bits per heavy atom. The molecule has 44 heteroatoms. The van der Waals surface area contributed by atoms with E-state index in [0.29, 0.717) is 0 Å². The van der Waals surface area contributed by atoms with Gasteiger partial charge in [-0.15, -0.1) is 0 Å². The number of carboxylic acids is 8. The molecular weight excluding hydrogens is 1410 g/mol. The third-order valence-electron chi connectivity index (χ3n) is 12.0. The van der Waals surface area contributed by atoms with E-state index in [1.807, 2.05) is 0 Å². The van der Waals surface area contributed by atoms with Crippen LogP contribution in [0.15, 0.2) is 0 Å². The number of hydrogen-bond acceptors (Lipinski definition) is 36. The van der Waals surface area contributed by atoms with Crippen molar-refractivity contribution in [1.82, 2.24) is 0 Å². The highest BCUT2D eigenvalue weighted by molar-refractivity contribution is 5.80. The van der Waals surface area contributed by atoms with Crippen LogP contribution in [-0.2, 0) is 172 Å². The number of rotatable bonds is 70. The molecule has 0 amide bonds. The Balaban J connectivity index is 8.22. The Kier molecular flexibility index (Phi) is 54.4. The number of carbonyl (C=O) groups is 16. The molecule has 0 saturated carbocycles. The fraction of sp³-hybridized carbons (Fsp3) is 0.729. The summed E-state index contributed by atoms with van der Waals surface area (Å²) in [7, 11) is 0. The Morgan fingerprint density at radius 2 is 0.379 bits per heavy atom. The third-order valence-corrected chi connectivity index (χ3v) is 12.0. The van der Waals surface area contributed by atoms with E-state index in [1.54, 1.807) is 0 Å². The average Bonchev–Trinajstić information content (AvgIpc) is 0.845. The van der Waals surface area contributed by atoms with Crippen molar-refractivity contribution >= 4 is 95.5 Å². The molecule has 0 aliphatic heterocycles. The number of hydrogen-bond donors (Lipinski definition) is 8. The van der Waals surface area contributed by atoms with Gasteiger partial charge in [-0.05, 0) is 0 Å². The standard InChI is InChI=1S/C59H88O44/c60-43(61)1-9-51(76)89-22-17-84-27-39(28-85-18-23-90-52(77)10-2-44(62)63)94-35-59(38-97-42(33-99-102-57(82)15-7-49(72)73)34-100-103-58(83)16-8-50(74)75,37-96-41(32-98-101-56(81)14-6-48(70)71)31-88-21-26-93-55(80)13-5-47(68)69)36-95-40(29-86-19-24-91-53(78)11-3-45(64)65)30-87-20-25-92-54(79)12-4-46(66)67/h39-42H,1-38H2,(H,60,61)(H,62,63)(H,64,65)(H,66,67)(H,68,69)(H,70,71)(H,72,73)(H,74,75). The molecule has 103 heavy (non-hydrogen) atoms. The summed E-state index contributed by atoms with van der Waals surface area (Å²) in [6.07, 6.45) is -15.2. The van der Waals surface area contributed by atoms with Crippen LogP contribution in [0.25, 0.3) is 0 Å². The molecule has 0 saturated heterocycles. The van der Waals surface area contributed by atoms with E-state index in [1.165, 1.54) is 0 Å². The van der Waals surface area contributed by atoms with E-state index in [-0.39, 0.29) is 26.4 Å². The molecule has 0 aliphatic carbocycles. The van der Waals surface area contributed by atoms with E-state index < -0.39 is 347 Å². The summed E-state index contributed by atoms with van der Waals surface area (Å²) in [5, 5.41) is 72.3. The van der Waals surface area contributed by atoms with Gasteiger partial charge in [0, 0.05) is 0 Å². The highest BCUT2D eigenvalue weighted by Crippen LogP contribution is 2.25. The molecule has 588 valence electrons. The molecule has 0 bridgehead atoms. The van der Waals surface area contributed by atoms with Crippen LogP contribution in [0.4, 0.5) is 0 Å². The van der Waals surface area contributed by atoms with Gasteiger partial charge < -0.3 is 107 Å². The van der Waals surface area contributed by atoms with Gasteiger partial charge in [-0.3, -0.25) is 77.0 Å². The summed E-state index contributed by atoms with van der Waals surface area (Å²) in [4.78, 5) is 217. The second-order valence-corrected chi connectivity index (χ2v) is 21.1. The molecule has 0 radical (unpaired) electrons. The Morgan fingerprint density at radius 1 is 0.214 bits per heavy atom. The first-order chi connectivity index (χ1) is 49.0. The zero-order valence-electron chi connectivity index (χ0n) is 56.0. The SMILES string of the molecule is O=C(O)CCC(=O)OCCOCC(COCCOC(=O)CCC(=O)O)OCC(COC(COCCOC(=O)CCC(=O)O)COCCOC(=O)CCC(=O)O)(COC(COCCOC(=O)CCC(=O)O)COOC(=O)CCC(=O)O)COC(COOC(=O)CCC(=O)O)COOC(=O)CCC(=O)O. The average molecular weight is 1500 g/mol. The first kappa shape index (κ1) is 94.0. The summed E-state index contributed by atoms with van der Waals surface area (Å²) in [5.74, 6) is -18.8. The predicted molar refractivity (Wildman–Crippen MR) is 321 cm³/mol. The highest BCUT2D eigenvalue weighted by Gasteiger charge is 2.38. The minimum absolute atomic E-state index is 0.376. The summed E-state index contributed by atoms with van der Waals surface area (Å²) in [6.45, 7) is -12.3. The molecule has 1 unspecified atom stereocenters. The maximum atomic E-state index is 12.5. The van der Waals surface area contributed by atoms with Gasteiger partial charge in [0.25, 0.3) is 0 Å². The van der Waals surface area contributed by atoms with Crippen molar-refractivity contribution in [3.05, 3.63) is 0 Å². The maximum Gasteiger partial charge on any atom is 0.342 e. The van der Waals surface area contributed by atoms with E-state index >= 15 is 0 Å². The molecule has 8 N–H and O–H groups in total. The van der Waals surface area contributed by atoms with Gasteiger partial charge in [-0.25, -0.2) is 14.4 Å². The van der Waals surface area contributed by atoms with Gasteiger partial charge in [0.1, 0.15) is 77.3 Å². The third kappa shape index (κ3) is 60.3. The zero-order valence-corrected chi connectivity index (χ0v) is 56.0. The quantitative estimate of drug-likeness (QED) is 0.0115. The van der Waals surface area contributed by atoms with Crippen LogP contribution in [0.2, 0.25) is 0 Å². The normalized spacial score (nSPS) is 11.5. The summed E-state index contributed by atoms with van der Waals surface area (Å²) in [5.41, 5.74) is -1.96. The molecule has 0 rings (SSSR count). The lowest BCUT2D eigenvalue weighted by Gasteiger charge is -2.37. The molecule has 0 heterocycles. The molecule has 0 aromatic heterocycles. The largest absolute Gasteiger partial charge is 0.481 e. The minimum atomic E-state index is -1.96. The van der Waals surface area contributed by atoms with Gasteiger partial charge in [-0.1, -0.05) is 0 Å². The molecule has 0 aromatic rings. The van der Waals surface area contributed by atoms with Crippen LogP contribution in [0.3, 0.4) is 0 Å². The summed E-state index contributed by atoms with van der Waals surface area (Å²) >= 11 is 0. The van der Waals surface area contributed by atoms with Crippen molar-refractivity contribution < 1.29 is 213 Å². The van der Waals surface area contributed by atoms with Gasteiger partial charge in [0.05, 0.1) is 201 Å². The first-order valence-electron chi connectivity index (χ1n) is 31.3. The Hall–Kier alpha value is -8.96. The van der Waals surface area contributed by atoms with Gasteiger partial charge in [-0.2, -0.15) is 14.7 Å².